The van der Waals surface area contributed by atoms with Crippen LogP contribution in [0.4, 0.5) is 11.4 Å². The molecule has 3 N–H and O–H groups in total. The molecule has 0 radical (unpaired) electrons. The number of hydrogen-bond acceptors (Lipinski definition) is 3. The number of ether oxygens (including phenoxy) is 1. The third kappa shape index (κ3) is 2.07. The lowest BCUT2D eigenvalue weighted by Gasteiger charge is -2.22. The summed E-state index contributed by atoms with van der Waals surface area (Å²) in [5.41, 5.74) is 7.02. The molecule has 3 rings (SSSR count). The fourth-order valence-electron chi connectivity index (χ4n) is 2.71. The monoisotopic (exact) mass is 272 g/mol. The van der Waals surface area contributed by atoms with Crippen molar-refractivity contribution in [1.82, 2.24) is 0 Å². The summed E-state index contributed by atoms with van der Waals surface area (Å²) in [6.45, 7) is 0. The average Bonchev–Trinajstić information content (AvgIpc) is 2.84. The van der Waals surface area contributed by atoms with Crippen LogP contribution in [0, 0.1) is 0 Å². The summed E-state index contributed by atoms with van der Waals surface area (Å²) in [4.78, 5) is 0. The van der Waals surface area contributed by atoms with Crippen LogP contribution < -0.4 is 11.1 Å². The van der Waals surface area contributed by atoms with E-state index < -0.39 is 0 Å². The summed E-state index contributed by atoms with van der Waals surface area (Å²) >= 11 is 12.3. The molecule has 92 valence electrons. The fraction of sp³-hybridized carbons (Fsp3) is 0.500. The average molecular weight is 273 g/mol. The lowest BCUT2D eigenvalue weighted by molar-refractivity contribution is 0.102. The van der Waals surface area contributed by atoms with Crippen LogP contribution in [-0.4, -0.2) is 18.2 Å². The van der Waals surface area contributed by atoms with Gasteiger partial charge in [0.15, 0.2) is 0 Å². The summed E-state index contributed by atoms with van der Waals surface area (Å²) in [6, 6.07) is 3.74. The van der Waals surface area contributed by atoms with Crippen LogP contribution >= 0.6 is 23.2 Å². The molecule has 0 aromatic heterocycles. The molecule has 5 heteroatoms. The van der Waals surface area contributed by atoms with E-state index in [1.807, 2.05) is 0 Å². The van der Waals surface area contributed by atoms with Crippen LogP contribution in [0.15, 0.2) is 12.1 Å². The van der Waals surface area contributed by atoms with Crippen molar-refractivity contribution in [1.29, 1.82) is 0 Å². The van der Waals surface area contributed by atoms with Gasteiger partial charge in [-0.3, -0.25) is 0 Å². The number of nitrogen functional groups attached to an aromatic ring is 1. The molecule has 0 saturated carbocycles. The first kappa shape index (κ1) is 11.5. The van der Waals surface area contributed by atoms with E-state index in [-0.39, 0.29) is 0 Å². The maximum atomic E-state index is 6.15. The normalized spacial score (nSPS) is 30.8. The van der Waals surface area contributed by atoms with Crippen LogP contribution in [0.1, 0.15) is 19.3 Å². The Morgan fingerprint density at radius 2 is 1.94 bits per heavy atom. The number of fused-ring (bicyclic) bond motifs is 2. The highest BCUT2D eigenvalue weighted by molar-refractivity contribution is 6.39. The standard InChI is InChI=1S/C12H14Cl2N2O/c13-8-3-6(15)4-9(14)12(8)16-10-5-7-1-2-11(10)17-7/h3-4,7,10-11,16H,1-2,5,15H2. The fourth-order valence-corrected chi connectivity index (χ4v) is 3.32. The molecule has 0 amide bonds. The predicted octanol–water partition coefficient (Wildman–Crippen LogP) is 3.31. The van der Waals surface area contributed by atoms with Gasteiger partial charge < -0.3 is 15.8 Å². The Bertz CT molecular complexity index is 429. The number of anilines is 2. The van der Waals surface area contributed by atoms with E-state index in [1.54, 1.807) is 12.1 Å². The highest BCUT2D eigenvalue weighted by atomic mass is 35.5. The Kier molecular flexibility index (Phi) is 2.85. The first-order chi connectivity index (χ1) is 8.13. The van der Waals surface area contributed by atoms with Gasteiger partial charge in [-0.15, -0.1) is 0 Å². The number of benzene rings is 1. The Balaban J connectivity index is 1.81. The Morgan fingerprint density at radius 1 is 1.24 bits per heavy atom. The number of nitrogens with two attached hydrogens (primary N) is 1. The second-order valence-electron chi connectivity index (χ2n) is 4.72. The highest BCUT2D eigenvalue weighted by Gasteiger charge is 2.41. The van der Waals surface area contributed by atoms with E-state index in [1.165, 1.54) is 6.42 Å². The maximum Gasteiger partial charge on any atom is 0.0781 e. The lowest BCUT2D eigenvalue weighted by atomic mass is 9.95. The van der Waals surface area contributed by atoms with E-state index in [0.717, 1.165) is 18.5 Å². The van der Waals surface area contributed by atoms with E-state index in [2.05, 4.69) is 5.32 Å². The van der Waals surface area contributed by atoms with Crippen molar-refractivity contribution in [3.8, 4) is 0 Å². The van der Waals surface area contributed by atoms with Crippen LogP contribution in [0.5, 0.6) is 0 Å². The van der Waals surface area contributed by atoms with Gasteiger partial charge in [-0.2, -0.15) is 0 Å². The van der Waals surface area contributed by atoms with Gasteiger partial charge in [-0.1, -0.05) is 23.2 Å². The molecule has 2 bridgehead atoms. The van der Waals surface area contributed by atoms with Crippen molar-refractivity contribution >= 4 is 34.6 Å². The SMILES string of the molecule is Nc1cc(Cl)c(NC2CC3CCC2O3)c(Cl)c1. The first-order valence-corrected chi connectivity index (χ1v) is 6.55. The molecule has 17 heavy (non-hydrogen) atoms. The van der Waals surface area contributed by atoms with Crippen LogP contribution in [-0.2, 0) is 4.74 Å². The van der Waals surface area contributed by atoms with Crippen molar-refractivity contribution in [2.45, 2.75) is 37.5 Å². The highest BCUT2D eigenvalue weighted by Crippen LogP contribution is 2.39. The first-order valence-electron chi connectivity index (χ1n) is 5.80. The molecule has 2 aliphatic heterocycles. The summed E-state index contributed by atoms with van der Waals surface area (Å²) in [5, 5.41) is 4.53. The second kappa shape index (κ2) is 4.23. The molecular weight excluding hydrogens is 259 g/mol. The van der Waals surface area contributed by atoms with Gasteiger partial charge in [0.2, 0.25) is 0 Å². The third-order valence-corrected chi connectivity index (χ3v) is 4.10. The number of nitrogens with one attached hydrogen (secondary N) is 1. The van der Waals surface area contributed by atoms with Gasteiger partial charge in [-0.05, 0) is 31.4 Å². The minimum Gasteiger partial charge on any atom is -0.399 e. The van der Waals surface area contributed by atoms with Crippen molar-refractivity contribution in [2.75, 3.05) is 11.1 Å². The van der Waals surface area contributed by atoms with E-state index in [4.69, 9.17) is 33.7 Å². The molecule has 2 fully saturated rings. The summed E-state index contributed by atoms with van der Waals surface area (Å²) in [5.74, 6) is 0. The minimum absolute atomic E-state index is 0.296. The molecule has 3 unspecified atom stereocenters. The van der Waals surface area contributed by atoms with Crippen molar-refractivity contribution in [3.63, 3.8) is 0 Å². The smallest absolute Gasteiger partial charge is 0.0781 e. The third-order valence-electron chi connectivity index (χ3n) is 3.50. The van der Waals surface area contributed by atoms with Crippen molar-refractivity contribution in [3.05, 3.63) is 22.2 Å². The summed E-state index contributed by atoms with van der Waals surface area (Å²) < 4.78 is 5.79. The number of halogens is 2. The Labute approximate surface area is 110 Å². The van der Waals surface area contributed by atoms with Gasteiger partial charge in [0.25, 0.3) is 0 Å². The van der Waals surface area contributed by atoms with Crippen molar-refractivity contribution in [2.24, 2.45) is 0 Å². The molecule has 1 aromatic rings. The van der Waals surface area contributed by atoms with Crippen LogP contribution in [0.25, 0.3) is 0 Å². The predicted molar refractivity (Wildman–Crippen MR) is 70.8 cm³/mol. The summed E-state index contributed by atoms with van der Waals surface area (Å²) in [6.07, 6.45) is 4.02. The topological polar surface area (TPSA) is 47.3 Å². The zero-order valence-corrected chi connectivity index (χ0v) is 10.8. The number of rotatable bonds is 2. The second-order valence-corrected chi connectivity index (χ2v) is 5.53. The van der Waals surface area contributed by atoms with Gasteiger partial charge in [0.05, 0.1) is 34.0 Å². The molecule has 3 nitrogen and oxygen atoms in total. The van der Waals surface area contributed by atoms with Crippen LogP contribution in [0.2, 0.25) is 10.0 Å². The molecule has 1 aromatic carbocycles. The van der Waals surface area contributed by atoms with Gasteiger partial charge in [0, 0.05) is 5.69 Å². The van der Waals surface area contributed by atoms with E-state index in [9.17, 15) is 0 Å². The van der Waals surface area contributed by atoms with Gasteiger partial charge in [-0.25, -0.2) is 0 Å². The lowest BCUT2D eigenvalue weighted by Crippen LogP contribution is -2.30. The molecule has 2 saturated heterocycles. The number of hydrogen-bond donors (Lipinski definition) is 2. The molecular formula is C12H14Cl2N2O. The zero-order valence-electron chi connectivity index (χ0n) is 9.25. The quantitative estimate of drug-likeness (QED) is 0.813. The molecule has 3 atom stereocenters. The Morgan fingerprint density at radius 3 is 2.47 bits per heavy atom. The largest absolute Gasteiger partial charge is 0.399 e. The Hall–Kier alpha value is -0.640. The van der Waals surface area contributed by atoms with Gasteiger partial charge >= 0.3 is 0 Å². The van der Waals surface area contributed by atoms with Crippen LogP contribution in [0.3, 0.4) is 0 Å². The molecule has 0 spiro atoms. The summed E-state index contributed by atoms with van der Waals surface area (Å²) in [7, 11) is 0. The van der Waals surface area contributed by atoms with Gasteiger partial charge in [0.1, 0.15) is 0 Å². The zero-order chi connectivity index (χ0) is 12.0. The van der Waals surface area contributed by atoms with E-state index >= 15 is 0 Å². The molecule has 2 heterocycles. The maximum absolute atomic E-state index is 6.15. The van der Waals surface area contributed by atoms with Crippen molar-refractivity contribution < 1.29 is 4.74 Å². The molecule has 0 aliphatic carbocycles. The molecule has 2 aliphatic rings. The minimum atomic E-state index is 0.296. The van der Waals surface area contributed by atoms with E-state index in [0.29, 0.717) is 34.0 Å².